The standard InChI is InChI=1S/C30H22F2N4O4S/c31-22-7-8-24(34-28(22)40-16-18-3-1-17(14-33)2-4-18)20-6-5-19(23(32)11-20)12-27-35-29-25(13-26(41-29)30(37)38)36(27)15-21-9-10-39-21/h1-8,11,13,21H,9-10,12,15-16H2,(H,37,38). The molecule has 0 bridgehead atoms. The van der Waals surface area contributed by atoms with Crippen LogP contribution in [0.2, 0.25) is 0 Å². The van der Waals surface area contributed by atoms with Crippen molar-refractivity contribution in [2.75, 3.05) is 6.61 Å². The Hall–Kier alpha value is -4.66. The summed E-state index contributed by atoms with van der Waals surface area (Å²) in [6.45, 7) is 1.24. The lowest BCUT2D eigenvalue weighted by Crippen LogP contribution is -2.31. The average Bonchev–Trinajstić information content (AvgIpc) is 3.50. The molecule has 6 rings (SSSR count). The van der Waals surface area contributed by atoms with Crippen molar-refractivity contribution in [3.05, 3.63) is 99.7 Å². The highest BCUT2D eigenvalue weighted by Gasteiger charge is 2.24. The number of aromatic nitrogens is 3. The molecule has 1 N–H and O–H groups in total. The van der Waals surface area contributed by atoms with Gasteiger partial charge in [-0.15, -0.1) is 11.3 Å². The third kappa shape index (κ3) is 5.52. The van der Waals surface area contributed by atoms with Crippen molar-refractivity contribution in [3.8, 4) is 23.2 Å². The molecule has 8 nitrogen and oxygen atoms in total. The van der Waals surface area contributed by atoms with Crippen LogP contribution in [0.5, 0.6) is 5.88 Å². The van der Waals surface area contributed by atoms with Crippen molar-refractivity contribution in [3.63, 3.8) is 0 Å². The van der Waals surface area contributed by atoms with Crippen LogP contribution in [0.15, 0.2) is 60.7 Å². The van der Waals surface area contributed by atoms with Crippen LogP contribution in [0.4, 0.5) is 8.78 Å². The molecule has 0 spiro atoms. The largest absolute Gasteiger partial charge is 0.477 e. The number of pyridine rings is 1. The summed E-state index contributed by atoms with van der Waals surface area (Å²) in [4.78, 5) is 21.1. The van der Waals surface area contributed by atoms with Crippen LogP contribution in [-0.4, -0.2) is 38.3 Å². The monoisotopic (exact) mass is 572 g/mol. The summed E-state index contributed by atoms with van der Waals surface area (Å²) < 4.78 is 42.9. The lowest BCUT2D eigenvalue weighted by atomic mass is 10.0. The van der Waals surface area contributed by atoms with E-state index in [1.165, 1.54) is 18.2 Å². The van der Waals surface area contributed by atoms with E-state index in [9.17, 15) is 14.3 Å². The normalized spacial score (nSPS) is 14.5. The van der Waals surface area contributed by atoms with E-state index < -0.39 is 17.6 Å². The predicted octanol–water partition coefficient (Wildman–Crippen LogP) is 5.97. The molecule has 4 heterocycles. The first kappa shape index (κ1) is 26.6. The van der Waals surface area contributed by atoms with E-state index in [0.717, 1.165) is 23.3 Å². The maximum atomic E-state index is 15.4. The lowest BCUT2D eigenvalue weighted by molar-refractivity contribution is -0.0589. The molecule has 206 valence electrons. The topological polar surface area (TPSA) is 110 Å². The van der Waals surface area contributed by atoms with Gasteiger partial charge in [0.1, 0.15) is 28.0 Å². The van der Waals surface area contributed by atoms with Gasteiger partial charge in [-0.3, -0.25) is 0 Å². The van der Waals surface area contributed by atoms with Crippen LogP contribution in [0.25, 0.3) is 21.6 Å². The number of nitriles is 1. The van der Waals surface area contributed by atoms with E-state index in [1.54, 1.807) is 42.5 Å². The molecule has 1 unspecified atom stereocenters. The molecule has 5 aromatic rings. The first-order valence-corrected chi connectivity index (χ1v) is 13.6. The summed E-state index contributed by atoms with van der Waals surface area (Å²) in [5.74, 6) is -1.73. The Morgan fingerprint density at radius 3 is 2.61 bits per heavy atom. The third-order valence-corrected chi connectivity index (χ3v) is 7.89. The highest BCUT2D eigenvalue weighted by atomic mass is 32.1. The molecule has 2 aromatic carbocycles. The Bertz CT molecular complexity index is 1810. The van der Waals surface area contributed by atoms with Crippen molar-refractivity contribution in [2.24, 2.45) is 0 Å². The summed E-state index contributed by atoms with van der Waals surface area (Å²) in [7, 11) is 0. The minimum atomic E-state index is -1.01. The van der Waals surface area contributed by atoms with Gasteiger partial charge in [0.05, 0.1) is 35.5 Å². The van der Waals surface area contributed by atoms with Crippen molar-refractivity contribution >= 4 is 27.7 Å². The maximum Gasteiger partial charge on any atom is 0.346 e. The Labute approximate surface area is 237 Å². The number of halogens is 2. The quantitative estimate of drug-likeness (QED) is 0.232. The van der Waals surface area contributed by atoms with Gasteiger partial charge >= 0.3 is 5.97 Å². The van der Waals surface area contributed by atoms with Crippen LogP contribution in [0.1, 0.15) is 38.6 Å². The fraction of sp³-hybridized carbons (Fsp3) is 0.200. The molecule has 41 heavy (non-hydrogen) atoms. The fourth-order valence-electron chi connectivity index (χ4n) is 4.57. The second-order valence-corrected chi connectivity index (χ2v) is 10.6. The van der Waals surface area contributed by atoms with Gasteiger partial charge < -0.3 is 19.1 Å². The Kier molecular flexibility index (Phi) is 7.17. The molecule has 1 fully saturated rings. The predicted molar refractivity (Wildman–Crippen MR) is 147 cm³/mol. The molecular weight excluding hydrogens is 550 g/mol. The number of carboxylic acid groups (broad SMARTS) is 1. The number of fused-ring (bicyclic) bond motifs is 1. The molecule has 11 heteroatoms. The van der Waals surface area contributed by atoms with Gasteiger partial charge in [-0.05, 0) is 53.9 Å². The molecule has 1 aliphatic rings. The number of ether oxygens (including phenoxy) is 2. The molecule has 0 aliphatic carbocycles. The lowest BCUT2D eigenvalue weighted by Gasteiger charge is -2.27. The van der Waals surface area contributed by atoms with E-state index in [4.69, 9.17) is 14.7 Å². The number of nitrogens with zero attached hydrogens (tertiary/aromatic N) is 4. The highest BCUT2D eigenvalue weighted by molar-refractivity contribution is 7.20. The average molecular weight is 573 g/mol. The van der Waals surface area contributed by atoms with Crippen LogP contribution in [0, 0.1) is 23.0 Å². The number of carboxylic acids is 1. The number of thiophene rings is 1. The zero-order chi connectivity index (χ0) is 28.5. The van der Waals surface area contributed by atoms with Gasteiger partial charge in [0, 0.05) is 18.6 Å². The zero-order valence-corrected chi connectivity index (χ0v) is 22.3. The summed E-state index contributed by atoms with van der Waals surface area (Å²) in [5.41, 5.74) is 3.14. The van der Waals surface area contributed by atoms with Gasteiger partial charge in [-0.2, -0.15) is 5.26 Å². The zero-order valence-electron chi connectivity index (χ0n) is 21.5. The first-order valence-electron chi connectivity index (χ1n) is 12.8. The smallest absolute Gasteiger partial charge is 0.346 e. The third-order valence-electron chi connectivity index (χ3n) is 6.89. The second-order valence-electron chi connectivity index (χ2n) is 9.59. The maximum absolute atomic E-state index is 15.4. The Morgan fingerprint density at radius 1 is 1.12 bits per heavy atom. The van der Waals surface area contributed by atoms with Crippen LogP contribution >= 0.6 is 11.3 Å². The van der Waals surface area contributed by atoms with Crippen LogP contribution in [-0.2, 0) is 24.3 Å². The van der Waals surface area contributed by atoms with E-state index in [-0.39, 0.29) is 29.9 Å². The molecule has 1 aliphatic heterocycles. The van der Waals surface area contributed by atoms with Crippen molar-refractivity contribution in [1.82, 2.24) is 14.5 Å². The summed E-state index contributed by atoms with van der Waals surface area (Å²) in [6.07, 6.45) is 1.09. The summed E-state index contributed by atoms with van der Waals surface area (Å²) >= 11 is 1.08. The molecule has 1 saturated heterocycles. The molecule has 3 aromatic heterocycles. The number of aromatic carboxylic acids is 1. The fourth-order valence-corrected chi connectivity index (χ4v) is 5.46. The minimum absolute atomic E-state index is 0.00410. The minimum Gasteiger partial charge on any atom is -0.477 e. The van der Waals surface area contributed by atoms with E-state index in [0.29, 0.717) is 51.7 Å². The Balaban J connectivity index is 1.23. The summed E-state index contributed by atoms with van der Waals surface area (Å²) in [6, 6.07) is 17.7. The molecule has 0 radical (unpaired) electrons. The van der Waals surface area contributed by atoms with Gasteiger partial charge in [0.2, 0.25) is 0 Å². The van der Waals surface area contributed by atoms with E-state index in [1.807, 2.05) is 10.6 Å². The number of hydrogen-bond donors (Lipinski definition) is 1. The number of carbonyl (C=O) groups is 1. The van der Waals surface area contributed by atoms with E-state index >= 15 is 4.39 Å². The molecular formula is C30H22F2N4O4S. The van der Waals surface area contributed by atoms with Crippen molar-refractivity contribution in [1.29, 1.82) is 5.26 Å². The SMILES string of the molecule is N#Cc1ccc(COc2nc(-c3ccc(Cc4nc5sc(C(=O)O)cc5n4CC4CCO4)c(F)c3)ccc2F)cc1. The number of rotatable bonds is 9. The molecule has 0 saturated carbocycles. The van der Waals surface area contributed by atoms with Gasteiger partial charge in [0.25, 0.3) is 5.88 Å². The molecule has 1 atom stereocenters. The summed E-state index contributed by atoms with van der Waals surface area (Å²) in [5, 5.41) is 18.3. The highest BCUT2D eigenvalue weighted by Crippen LogP contribution is 2.30. The number of hydrogen-bond acceptors (Lipinski definition) is 7. The van der Waals surface area contributed by atoms with Crippen molar-refractivity contribution in [2.45, 2.75) is 32.1 Å². The Morgan fingerprint density at radius 2 is 1.93 bits per heavy atom. The second kappa shape index (κ2) is 11.1. The molecule has 0 amide bonds. The van der Waals surface area contributed by atoms with Gasteiger partial charge in [-0.25, -0.2) is 23.5 Å². The van der Waals surface area contributed by atoms with Crippen LogP contribution < -0.4 is 4.74 Å². The van der Waals surface area contributed by atoms with Gasteiger partial charge in [0.15, 0.2) is 5.82 Å². The van der Waals surface area contributed by atoms with Crippen molar-refractivity contribution < 1.29 is 28.2 Å². The van der Waals surface area contributed by atoms with E-state index in [2.05, 4.69) is 9.97 Å². The van der Waals surface area contributed by atoms with Gasteiger partial charge in [-0.1, -0.05) is 24.3 Å². The number of benzene rings is 2. The number of imidazole rings is 1. The van der Waals surface area contributed by atoms with Crippen LogP contribution in [0.3, 0.4) is 0 Å². The first-order chi connectivity index (χ1) is 19.9.